The normalized spacial score (nSPS) is 12.4. The highest BCUT2D eigenvalue weighted by molar-refractivity contribution is 5.33. The van der Waals surface area contributed by atoms with Crippen LogP contribution in [0.1, 0.15) is 40.0 Å². The Morgan fingerprint density at radius 3 is 2.38 bits per heavy atom. The zero-order valence-electron chi connectivity index (χ0n) is 10.3. The predicted octanol–water partition coefficient (Wildman–Crippen LogP) is 2.49. The topological polar surface area (TPSA) is 58.9 Å². The van der Waals surface area contributed by atoms with Gasteiger partial charge >= 0.3 is 0 Å². The first kappa shape index (κ1) is 14.8. The standard InChI is InChI=1S/C12H20N2O2/c1-11(5-4-6-13-9-15)7-12(2,3)8-14-10-16/h11H,4-8H2,1-3H3. The van der Waals surface area contributed by atoms with E-state index >= 15 is 0 Å². The van der Waals surface area contributed by atoms with E-state index in [0.717, 1.165) is 19.3 Å². The van der Waals surface area contributed by atoms with Crippen LogP contribution >= 0.6 is 0 Å². The fourth-order valence-electron chi connectivity index (χ4n) is 1.92. The Morgan fingerprint density at radius 1 is 1.19 bits per heavy atom. The summed E-state index contributed by atoms with van der Waals surface area (Å²) in [4.78, 5) is 27.0. The molecular weight excluding hydrogens is 204 g/mol. The number of rotatable bonds is 8. The van der Waals surface area contributed by atoms with Crippen LogP contribution < -0.4 is 0 Å². The first-order valence-electron chi connectivity index (χ1n) is 5.59. The molecule has 0 N–H and O–H groups in total. The summed E-state index contributed by atoms with van der Waals surface area (Å²) in [5.74, 6) is 0.540. The molecule has 0 rings (SSSR count). The second kappa shape index (κ2) is 7.98. The Hall–Kier alpha value is -1.24. The second-order valence-corrected chi connectivity index (χ2v) is 5.00. The number of aliphatic imine (C=N–C) groups is 2. The minimum absolute atomic E-state index is 0.0325. The number of isocyanates is 2. The maximum atomic E-state index is 10.0. The smallest absolute Gasteiger partial charge is 0.211 e. The van der Waals surface area contributed by atoms with Gasteiger partial charge in [-0.2, -0.15) is 0 Å². The van der Waals surface area contributed by atoms with Gasteiger partial charge in [0.2, 0.25) is 12.2 Å². The highest BCUT2D eigenvalue weighted by atomic mass is 16.1. The maximum absolute atomic E-state index is 10.0. The Bertz CT molecular complexity index is 287. The van der Waals surface area contributed by atoms with Gasteiger partial charge in [-0.05, 0) is 30.6 Å². The summed E-state index contributed by atoms with van der Waals surface area (Å²) in [5.41, 5.74) is 0.0325. The van der Waals surface area contributed by atoms with Crippen LogP contribution in [0, 0.1) is 11.3 Å². The van der Waals surface area contributed by atoms with Crippen LogP contribution in [0.4, 0.5) is 0 Å². The van der Waals surface area contributed by atoms with Crippen molar-refractivity contribution in [3.63, 3.8) is 0 Å². The van der Waals surface area contributed by atoms with Crippen molar-refractivity contribution in [1.82, 2.24) is 0 Å². The number of carbonyl (C=O) groups excluding carboxylic acids is 2. The van der Waals surface area contributed by atoms with E-state index in [1.165, 1.54) is 6.08 Å². The van der Waals surface area contributed by atoms with Crippen LogP contribution in [0.25, 0.3) is 0 Å². The molecular formula is C12H20N2O2. The van der Waals surface area contributed by atoms with E-state index in [1.54, 1.807) is 6.08 Å². The Balaban J connectivity index is 3.87. The van der Waals surface area contributed by atoms with Crippen molar-refractivity contribution in [2.24, 2.45) is 21.3 Å². The lowest BCUT2D eigenvalue weighted by molar-refractivity contribution is 0.276. The van der Waals surface area contributed by atoms with Gasteiger partial charge < -0.3 is 0 Å². The molecule has 0 aromatic rings. The molecule has 0 aromatic heterocycles. The third kappa shape index (κ3) is 8.10. The third-order valence-electron chi connectivity index (χ3n) is 2.50. The van der Waals surface area contributed by atoms with Gasteiger partial charge in [-0.25, -0.2) is 19.6 Å². The van der Waals surface area contributed by atoms with Gasteiger partial charge in [-0.15, -0.1) is 0 Å². The van der Waals surface area contributed by atoms with E-state index in [4.69, 9.17) is 0 Å². The molecule has 0 saturated carbocycles. The lowest BCUT2D eigenvalue weighted by atomic mass is 9.82. The first-order valence-corrected chi connectivity index (χ1v) is 5.59. The van der Waals surface area contributed by atoms with Gasteiger partial charge in [0.25, 0.3) is 0 Å². The fourth-order valence-corrected chi connectivity index (χ4v) is 1.92. The van der Waals surface area contributed by atoms with Crippen LogP contribution in [-0.4, -0.2) is 25.2 Å². The van der Waals surface area contributed by atoms with Crippen LogP contribution in [0.3, 0.4) is 0 Å². The molecule has 0 radical (unpaired) electrons. The summed E-state index contributed by atoms with van der Waals surface area (Å²) in [7, 11) is 0. The molecule has 1 unspecified atom stereocenters. The Morgan fingerprint density at radius 2 is 1.81 bits per heavy atom. The van der Waals surface area contributed by atoms with E-state index in [0.29, 0.717) is 19.0 Å². The molecule has 0 heterocycles. The van der Waals surface area contributed by atoms with Gasteiger partial charge in [0, 0.05) is 0 Å². The highest BCUT2D eigenvalue weighted by Crippen LogP contribution is 2.27. The second-order valence-electron chi connectivity index (χ2n) is 5.00. The summed E-state index contributed by atoms with van der Waals surface area (Å²) in [6.45, 7) is 7.42. The first-order chi connectivity index (χ1) is 7.52. The van der Waals surface area contributed by atoms with E-state index in [2.05, 4.69) is 30.8 Å². The van der Waals surface area contributed by atoms with Crippen LogP contribution in [0.15, 0.2) is 9.98 Å². The largest absolute Gasteiger partial charge is 0.234 e. The van der Waals surface area contributed by atoms with Gasteiger partial charge in [0.1, 0.15) is 0 Å². The van der Waals surface area contributed by atoms with Crippen molar-refractivity contribution in [2.75, 3.05) is 13.1 Å². The monoisotopic (exact) mass is 224 g/mol. The summed E-state index contributed by atoms with van der Waals surface area (Å²) in [5, 5.41) is 0. The average Bonchev–Trinajstić information content (AvgIpc) is 2.21. The minimum atomic E-state index is 0.0325. The molecule has 0 saturated heterocycles. The quantitative estimate of drug-likeness (QED) is 0.361. The molecule has 0 aliphatic carbocycles. The minimum Gasteiger partial charge on any atom is -0.211 e. The summed E-state index contributed by atoms with van der Waals surface area (Å²) in [6.07, 6.45) is 6.04. The van der Waals surface area contributed by atoms with Gasteiger partial charge in [-0.1, -0.05) is 20.8 Å². The molecule has 0 spiro atoms. The molecule has 4 heteroatoms. The molecule has 0 aromatic carbocycles. The number of hydrogen-bond acceptors (Lipinski definition) is 4. The molecule has 90 valence electrons. The average molecular weight is 224 g/mol. The third-order valence-corrected chi connectivity index (χ3v) is 2.50. The lowest BCUT2D eigenvalue weighted by Crippen LogP contribution is -2.19. The number of hydrogen-bond donors (Lipinski definition) is 0. The Labute approximate surface area is 96.9 Å². The summed E-state index contributed by atoms with van der Waals surface area (Å²) < 4.78 is 0. The van der Waals surface area contributed by atoms with Gasteiger partial charge in [0.05, 0.1) is 13.1 Å². The molecule has 4 nitrogen and oxygen atoms in total. The van der Waals surface area contributed by atoms with E-state index in [-0.39, 0.29) is 5.41 Å². The molecule has 1 atom stereocenters. The fraction of sp³-hybridized carbons (Fsp3) is 0.833. The number of nitrogens with zero attached hydrogens (tertiary/aromatic N) is 2. The maximum Gasteiger partial charge on any atom is 0.234 e. The van der Waals surface area contributed by atoms with Crippen LogP contribution in [0.2, 0.25) is 0 Å². The summed E-state index contributed by atoms with van der Waals surface area (Å²) >= 11 is 0. The predicted molar refractivity (Wildman–Crippen MR) is 62.8 cm³/mol. The summed E-state index contributed by atoms with van der Waals surface area (Å²) in [6, 6.07) is 0. The molecule has 0 fully saturated rings. The van der Waals surface area contributed by atoms with Crippen LogP contribution in [-0.2, 0) is 9.59 Å². The SMILES string of the molecule is CC(CCCN=C=O)CC(C)(C)CN=C=O. The van der Waals surface area contributed by atoms with Crippen molar-refractivity contribution in [3.8, 4) is 0 Å². The zero-order chi connectivity index (χ0) is 12.4. The van der Waals surface area contributed by atoms with Gasteiger partial charge in [-0.3, -0.25) is 0 Å². The van der Waals surface area contributed by atoms with Crippen molar-refractivity contribution >= 4 is 12.2 Å². The molecule has 0 aliphatic heterocycles. The van der Waals surface area contributed by atoms with Crippen LogP contribution in [0.5, 0.6) is 0 Å². The zero-order valence-corrected chi connectivity index (χ0v) is 10.3. The van der Waals surface area contributed by atoms with Gasteiger partial charge in [0.15, 0.2) is 0 Å². The van der Waals surface area contributed by atoms with E-state index in [1.807, 2.05) is 0 Å². The Kier molecular flexibility index (Phi) is 7.36. The molecule has 0 bridgehead atoms. The van der Waals surface area contributed by atoms with Crippen molar-refractivity contribution in [1.29, 1.82) is 0 Å². The van der Waals surface area contributed by atoms with Crippen molar-refractivity contribution < 1.29 is 9.59 Å². The highest BCUT2D eigenvalue weighted by Gasteiger charge is 2.20. The lowest BCUT2D eigenvalue weighted by Gasteiger charge is -2.25. The molecule has 0 amide bonds. The van der Waals surface area contributed by atoms with Crippen molar-refractivity contribution in [2.45, 2.75) is 40.0 Å². The molecule has 16 heavy (non-hydrogen) atoms. The molecule has 0 aliphatic rings. The van der Waals surface area contributed by atoms with Crippen molar-refractivity contribution in [3.05, 3.63) is 0 Å². The van der Waals surface area contributed by atoms with E-state index < -0.39 is 0 Å². The van der Waals surface area contributed by atoms with E-state index in [9.17, 15) is 9.59 Å².